The molecule has 1 rings (SSSR count). The first kappa shape index (κ1) is 13.0. The van der Waals surface area contributed by atoms with Crippen molar-refractivity contribution in [1.29, 1.82) is 0 Å². The van der Waals surface area contributed by atoms with Crippen LogP contribution >= 0.6 is 11.8 Å². The van der Waals surface area contributed by atoms with Gasteiger partial charge in [0, 0.05) is 5.69 Å². The Kier molecular flexibility index (Phi) is 5.86. The van der Waals surface area contributed by atoms with Crippen molar-refractivity contribution in [3.05, 3.63) is 36.4 Å². The summed E-state index contributed by atoms with van der Waals surface area (Å²) >= 11 is 1.84. The number of benzene rings is 1. The van der Waals surface area contributed by atoms with Gasteiger partial charge in [-0.15, -0.1) is 6.58 Å². The highest BCUT2D eigenvalue weighted by Crippen LogP contribution is 2.22. The molecule has 0 radical (unpaired) electrons. The van der Waals surface area contributed by atoms with Gasteiger partial charge < -0.3 is 10.5 Å². The Balaban J connectivity index is 2.59. The lowest BCUT2D eigenvalue weighted by Crippen LogP contribution is -2.01. The molecule has 2 N–H and O–H groups in total. The van der Waals surface area contributed by atoms with E-state index in [2.05, 4.69) is 12.8 Å². The SMILES string of the molecule is C=CCc1cc(N)ccc1OCCCSC. The minimum absolute atomic E-state index is 0.759. The summed E-state index contributed by atoms with van der Waals surface area (Å²) in [5.74, 6) is 2.06. The molecule has 0 aromatic heterocycles. The van der Waals surface area contributed by atoms with Crippen molar-refractivity contribution in [3.63, 3.8) is 0 Å². The van der Waals surface area contributed by atoms with E-state index < -0.39 is 0 Å². The molecule has 1 aromatic rings. The van der Waals surface area contributed by atoms with E-state index in [-0.39, 0.29) is 0 Å². The molecule has 0 atom stereocenters. The molecule has 1 aromatic carbocycles. The van der Waals surface area contributed by atoms with Crippen molar-refractivity contribution in [2.45, 2.75) is 12.8 Å². The number of anilines is 1. The zero-order chi connectivity index (χ0) is 11.8. The van der Waals surface area contributed by atoms with Crippen molar-refractivity contribution in [2.24, 2.45) is 0 Å². The number of ether oxygens (including phenoxy) is 1. The third-order valence-electron chi connectivity index (χ3n) is 2.20. The predicted molar refractivity (Wildman–Crippen MR) is 73.2 cm³/mol. The van der Waals surface area contributed by atoms with Crippen molar-refractivity contribution in [1.82, 2.24) is 0 Å². The number of hydrogen-bond donors (Lipinski definition) is 1. The topological polar surface area (TPSA) is 35.2 Å². The van der Waals surface area contributed by atoms with E-state index in [1.807, 2.05) is 36.0 Å². The Bertz CT molecular complexity index is 339. The third kappa shape index (κ3) is 4.19. The second kappa shape index (κ2) is 7.23. The number of thioether (sulfide) groups is 1. The molecule has 0 spiro atoms. The number of nitrogen functional groups attached to an aromatic ring is 1. The summed E-state index contributed by atoms with van der Waals surface area (Å²) in [5.41, 5.74) is 7.62. The molecule has 0 aliphatic carbocycles. The normalized spacial score (nSPS) is 10.1. The Morgan fingerprint density at radius 3 is 3.00 bits per heavy atom. The van der Waals surface area contributed by atoms with Crippen molar-refractivity contribution in [2.75, 3.05) is 24.3 Å². The molecule has 0 aliphatic heterocycles. The van der Waals surface area contributed by atoms with Gasteiger partial charge in [0.1, 0.15) is 5.75 Å². The third-order valence-corrected chi connectivity index (χ3v) is 2.90. The van der Waals surface area contributed by atoms with Crippen molar-refractivity contribution in [3.8, 4) is 5.75 Å². The van der Waals surface area contributed by atoms with Gasteiger partial charge in [0.25, 0.3) is 0 Å². The van der Waals surface area contributed by atoms with Gasteiger partial charge in [-0.25, -0.2) is 0 Å². The fourth-order valence-electron chi connectivity index (χ4n) is 1.44. The first-order valence-corrected chi connectivity index (χ1v) is 6.78. The quantitative estimate of drug-likeness (QED) is 0.449. The number of nitrogens with two attached hydrogens (primary N) is 1. The highest BCUT2D eigenvalue weighted by molar-refractivity contribution is 7.98. The van der Waals surface area contributed by atoms with Crippen molar-refractivity contribution >= 4 is 17.4 Å². The monoisotopic (exact) mass is 237 g/mol. The van der Waals surface area contributed by atoms with E-state index in [4.69, 9.17) is 10.5 Å². The van der Waals surface area contributed by atoms with Crippen LogP contribution in [-0.4, -0.2) is 18.6 Å². The standard InChI is InChI=1S/C13H19NOS/c1-3-5-11-10-12(14)6-7-13(11)15-8-4-9-16-2/h3,6-7,10H,1,4-5,8-9,14H2,2H3. The van der Waals surface area contributed by atoms with E-state index in [0.29, 0.717) is 0 Å². The summed E-state index contributed by atoms with van der Waals surface area (Å²) in [7, 11) is 0. The fourth-order valence-corrected chi connectivity index (χ4v) is 1.85. The highest BCUT2D eigenvalue weighted by atomic mass is 32.2. The van der Waals surface area contributed by atoms with E-state index in [1.54, 1.807) is 0 Å². The molecule has 0 saturated carbocycles. The first-order valence-electron chi connectivity index (χ1n) is 5.39. The number of hydrogen-bond acceptors (Lipinski definition) is 3. The van der Waals surface area contributed by atoms with E-state index >= 15 is 0 Å². The predicted octanol–water partition coefficient (Wildman–Crippen LogP) is 3.13. The molecule has 88 valence electrons. The van der Waals surface area contributed by atoms with Gasteiger partial charge in [-0.05, 0) is 48.6 Å². The van der Waals surface area contributed by atoms with Crippen molar-refractivity contribution < 1.29 is 4.74 Å². The van der Waals surface area contributed by atoms with Gasteiger partial charge >= 0.3 is 0 Å². The first-order chi connectivity index (χ1) is 7.77. The van der Waals surface area contributed by atoms with Crippen LogP contribution in [0, 0.1) is 0 Å². The molecule has 0 unspecified atom stereocenters. The average molecular weight is 237 g/mol. The van der Waals surface area contributed by atoms with Crippen LogP contribution in [0.2, 0.25) is 0 Å². The molecule has 3 heteroatoms. The zero-order valence-corrected chi connectivity index (χ0v) is 10.6. The second-order valence-electron chi connectivity index (χ2n) is 3.55. The lowest BCUT2D eigenvalue weighted by Gasteiger charge is -2.10. The zero-order valence-electron chi connectivity index (χ0n) is 9.74. The highest BCUT2D eigenvalue weighted by Gasteiger charge is 2.02. The average Bonchev–Trinajstić information content (AvgIpc) is 2.27. The second-order valence-corrected chi connectivity index (χ2v) is 4.54. The molecule has 0 amide bonds. The molecule has 0 fully saturated rings. The lowest BCUT2D eigenvalue weighted by atomic mass is 10.1. The molecule has 0 heterocycles. The molecule has 0 bridgehead atoms. The van der Waals surface area contributed by atoms with Gasteiger partial charge in [-0.1, -0.05) is 6.08 Å². The van der Waals surface area contributed by atoms with Crippen LogP contribution in [-0.2, 0) is 6.42 Å². The summed E-state index contributed by atoms with van der Waals surface area (Å²) in [6, 6.07) is 5.76. The van der Waals surface area contributed by atoms with Gasteiger partial charge in [0.05, 0.1) is 6.61 Å². The van der Waals surface area contributed by atoms with Gasteiger partial charge in [-0.2, -0.15) is 11.8 Å². The maximum absolute atomic E-state index is 5.74. The van der Waals surface area contributed by atoms with Gasteiger partial charge in [-0.3, -0.25) is 0 Å². The molecule has 16 heavy (non-hydrogen) atoms. The van der Waals surface area contributed by atoms with Crippen LogP contribution < -0.4 is 10.5 Å². The van der Waals surface area contributed by atoms with E-state index in [9.17, 15) is 0 Å². The Labute approximate surface area is 102 Å². The minimum Gasteiger partial charge on any atom is -0.493 e. The van der Waals surface area contributed by atoms with Crippen LogP contribution in [0.3, 0.4) is 0 Å². The van der Waals surface area contributed by atoms with Crippen LogP contribution in [0.4, 0.5) is 5.69 Å². The summed E-state index contributed by atoms with van der Waals surface area (Å²) in [5, 5.41) is 0. The molecule has 0 aliphatic rings. The summed E-state index contributed by atoms with van der Waals surface area (Å²) < 4.78 is 5.73. The molecular weight excluding hydrogens is 218 g/mol. The number of rotatable bonds is 7. The molecule has 2 nitrogen and oxygen atoms in total. The van der Waals surface area contributed by atoms with E-state index in [1.165, 1.54) is 0 Å². The Hall–Kier alpha value is -1.09. The Morgan fingerprint density at radius 1 is 1.50 bits per heavy atom. The summed E-state index contributed by atoms with van der Waals surface area (Å²) in [4.78, 5) is 0. The maximum atomic E-state index is 5.74. The van der Waals surface area contributed by atoms with Crippen LogP contribution in [0.5, 0.6) is 5.75 Å². The van der Waals surface area contributed by atoms with Crippen LogP contribution in [0.25, 0.3) is 0 Å². The molecule has 0 saturated heterocycles. The lowest BCUT2D eigenvalue weighted by molar-refractivity contribution is 0.316. The molecular formula is C13H19NOS. The van der Waals surface area contributed by atoms with Gasteiger partial charge in [0.2, 0.25) is 0 Å². The fraction of sp³-hybridized carbons (Fsp3) is 0.385. The smallest absolute Gasteiger partial charge is 0.122 e. The maximum Gasteiger partial charge on any atom is 0.122 e. The Morgan fingerprint density at radius 2 is 2.31 bits per heavy atom. The largest absolute Gasteiger partial charge is 0.493 e. The summed E-state index contributed by atoms with van der Waals surface area (Å²) in [6.07, 6.45) is 5.83. The van der Waals surface area contributed by atoms with Crippen LogP contribution in [0.15, 0.2) is 30.9 Å². The van der Waals surface area contributed by atoms with Crippen LogP contribution in [0.1, 0.15) is 12.0 Å². The minimum atomic E-state index is 0.759. The van der Waals surface area contributed by atoms with E-state index in [0.717, 1.165) is 42.2 Å². The number of allylic oxidation sites excluding steroid dienone is 1. The summed E-state index contributed by atoms with van der Waals surface area (Å²) in [6.45, 7) is 4.50. The van der Waals surface area contributed by atoms with Gasteiger partial charge in [0.15, 0.2) is 0 Å².